The Bertz CT molecular complexity index is 666. The van der Waals surface area contributed by atoms with E-state index in [-0.39, 0.29) is 26.1 Å². The summed E-state index contributed by atoms with van der Waals surface area (Å²) in [6.07, 6.45) is 0.00927. The number of benzene rings is 1. The minimum Gasteiger partial charge on any atom is -0.469 e. The summed E-state index contributed by atoms with van der Waals surface area (Å²) in [5.41, 5.74) is -0.248. The number of carbonyl (C=O) groups is 3. The number of ether oxygens (including phenoxy) is 3. The maximum absolute atomic E-state index is 12.7. The molecule has 0 radical (unpaired) electrons. The lowest BCUT2D eigenvalue weighted by molar-refractivity contribution is -0.174. The van der Waals surface area contributed by atoms with E-state index >= 15 is 0 Å². The molecule has 0 aromatic heterocycles. The van der Waals surface area contributed by atoms with E-state index in [4.69, 9.17) is 25.8 Å². The van der Waals surface area contributed by atoms with Crippen molar-refractivity contribution in [2.45, 2.75) is 32.6 Å². The summed E-state index contributed by atoms with van der Waals surface area (Å²) in [5.74, 6) is -2.73. The second-order valence-corrected chi connectivity index (χ2v) is 6.26. The molecule has 0 heterocycles. The Balaban J connectivity index is 2.58. The molecule has 1 aliphatic carbocycles. The van der Waals surface area contributed by atoms with Gasteiger partial charge in [-0.3, -0.25) is 14.4 Å². The van der Waals surface area contributed by atoms with Crippen molar-refractivity contribution in [3.8, 4) is 0 Å². The Morgan fingerprint density at radius 1 is 1.16 bits per heavy atom. The van der Waals surface area contributed by atoms with Gasteiger partial charge in [-0.2, -0.15) is 0 Å². The SMILES string of the molecule is CCOC(=O)C1(C(=O)OCC)Cc2ccc(Cl)cc2[C@H](C(=O)OC)C1. The van der Waals surface area contributed by atoms with Gasteiger partial charge in [-0.1, -0.05) is 17.7 Å². The lowest BCUT2D eigenvalue weighted by atomic mass is 9.66. The van der Waals surface area contributed by atoms with E-state index in [0.717, 1.165) is 0 Å². The molecule has 0 saturated heterocycles. The van der Waals surface area contributed by atoms with Crippen LogP contribution in [0, 0.1) is 5.41 Å². The van der Waals surface area contributed by atoms with Gasteiger partial charge >= 0.3 is 17.9 Å². The number of halogens is 1. The number of rotatable bonds is 5. The van der Waals surface area contributed by atoms with Gasteiger partial charge in [-0.25, -0.2) is 0 Å². The van der Waals surface area contributed by atoms with Gasteiger partial charge in [0.05, 0.1) is 26.2 Å². The Morgan fingerprint density at radius 3 is 2.28 bits per heavy atom. The molecule has 0 N–H and O–H groups in total. The van der Waals surface area contributed by atoms with Crippen molar-refractivity contribution in [2.24, 2.45) is 5.41 Å². The highest BCUT2D eigenvalue weighted by Gasteiger charge is 2.54. The van der Waals surface area contributed by atoms with Crippen molar-refractivity contribution in [3.05, 3.63) is 34.3 Å². The molecule has 2 rings (SSSR count). The Kier molecular flexibility index (Phi) is 6.06. The standard InChI is InChI=1S/C18H21ClO6/c1-4-24-16(21)18(17(22)25-5-2)9-11-6-7-12(19)8-13(11)14(10-18)15(20)23-3/h6-8,14H,4-5,9-10H2,1-3H3/t14-/m1/s1. The van der Waals surface area contributed by atoms with E-state index in [1.165, 1.54) is 7.11 Å². The maximum atomic E-state index is 12.7. The van der Waals surface area contributed by atoms with Crippen molar-refractivity contribution in [1.82, 2.24) is 0 Å². The molecule has 1 aromatic rings. The molecule has 0 bridgehead atoms. The van der Waals surface area contributed by atoms with E-state index in [0.29, 0.717) is 16.1 Å². The molecule has 0 spiro atoms. The molecule has 25 heavy (non-hydrogen) atoms. The first-order valence-corrected chi connectivity index (χ1v) is 8.48. The number of hydrogen-bond acceptors (Lipinski definition) is 6. The van der Waals surface area contributed by atoms with Crippen molar-refractivity contribution in [2.75, 3.05) is 20.3 Å². The van der Waals surface area contributed by atoms with Crippen LogP contribution in [0.1, 0.15) is 37.3 Å². The number of methoxy groups -OCH3 is 1. The molecular weight excluding hydrogens is 348 g/mol. The summed E-state index contributed by atoms with van der Waals surface area (Å²) in [7, 11) is 1.26. The van der Waals surface area contributed by atoms with Gasteiger partial charge in [0, 0.05) is 5.02 Å². The Labute approximate surface area is 151 Å². The molecule has 0 unspecified atom stereocenters. The van der Waals surface area contributed by atoms with E-state index in [1.54, 1.807) is 32.0 Å². The molecule has 0 aliphatic heterocycles. The number of hydrogen-bond donors (Lipinski definition) is 0. The zero-order chi connectivity index (χ0) is 18.6. The van der Waals surface area contributed by atoms with Crippen molar-refractivity contribution in [1.29, 1.82) is 0 Å². The van der Waals surface area contributed by atoms with E-state index < -0.39 is 29.2 Å². The fraction of sp³-hybridized carbons (Fsp3) is 0.500. The van der Waals surface area contributed by atoms with Crippen LogP contribution >= 0.6 is 11.6 Å². The van der Waals surface area contributed by atoms with Crippen LogP contribution in [-0.4, -0.2) is 38.2 Å². The van der Waals surface area contributed by atoms with Gasteiger partial charge < -0.3 is 14.2 Å². The minimum absolute atomic E-state index is 0.0787. The lowest BCUT2D eigenvalue weighted by Gasteiger charge is -2.37. The smallest absolute Gasteiger partial charge is 0.323 e. The monoisotopic (exact) mass is 368 g/mol. The fourth-order valence-corrected chi connectivity index (χ4v) is 3.37. The van der Waals surface area contributed by atoms with Crippen LogP contribution in [-0.2, 0) is 35.0 Å². The number of esters is 3. The summed E-state index contributed by atoms with van der Waals surface area (Å²) >= 11 is 6.05. The van der Waals surface area contributed by atoms with Gasteiger partial charge in [-0.05, 0) is 49.9 Å². The molecule has 7 heteroatoms. The van der Waals surface area contributed by atoms with E-state index in [9.17, 15) is 14.4 Å². The first kappa shape index (κ1) is 19.2. The Hall–Kier alpha value is -2.08. The van der Waals surface area contributed by atoms with Gasteiger partial charge in [0.25, 0.3) is 0 Å². The van der Waals surface area contributed by atoms with Crippen molar-refractivity contribution >= 4 is 29.5 Å². The molecule has 0 amide bonds. The van der Waals surface area contributed by atoms with Crippen molar-refractivity contribution < 1.29 is 28.6 Å². The van der Waals surface area contributed by atoms with Crippen LogP contribution in [0.3, 0.4) is 0 Å². The zero-order valence-corrected chi connectivity index (χ0v) is 15.2. The normalized spacial score (nSPS) is 18.0. The average Bonchev–Trinajstić information content (AvgIpc) is 2.60. The van der Waals surface area contributed by atoms with Crippen LogP contribution < -0.4 is 0 Å². The lowest BCUT2D eigenvalue weighted by Crippen LogP contribution is -2.48. The molecular formula is C18H21ClO6. The van der Waals surface area contributed by atoms with Crippen LogP contribution in [0.4, 0.5) is 0 Å². The van der Waals surface area contributed by atoms with Crippen LogP contribution in [0.2, 0.25) is 5.02 Å². The predicted molar refractivity (Wildman–Crippen MR) is 90.2 cm³/mol. The molecule has 6 nitrogen and oxygen atoms in total. The van der Waals surface area contributed by atoms with Gasteiger partial charge in [0.2, 0.25) is 0 Å². The van der Waals surface area contributed by atoms with E-state index in [1.807, 2.05) is 0 Å². The van der Waals surface area contributed by atoms with E-state index in [2.05, 4.69) is 0 Å². The largest absolute Gasteiger partial charge is 0.469 e. The first-order valence-electron chi connectivity index (χ1n) is 8.10. The molecule has 0 fully saturated rings. The van der Waals surface area contributed by atoms with Gasteiger partial charge in [-0.15, -0.1) is 0 Å². The molecule has 0 saturated carbocycles. The topological polar surface area (TPSA) is 78.9 Å². The summed E-state index contributed by atoms with van der Waals surface area (Å²) in [4.78, 5) is 37.7. The second-order valence-electron chi connectivity index (χ2n) is 5.82. The number of fused-ring (bicyclic) bond motifs is 1. The molecule has 1 atom stereocenters. The van der Waals surface area contributed by atoms with Gasteiger partial charge in [0.15, 0.2) is 5.41 Å². The minimum atomic E-state index is -1.58. The first-order chi connectivity index (χ1) is 11.9. The van der Waals surface area contributed by atoms with Crippen LogP contribution in [0.25, 0.3) is 0 Å². The third-order valence-electron chi connectivity index (χ3n) is 4.35. The van der Waals surface area contributed by atoms with Crippen LogP contribution in [0.5, 0.6) is 0 Å². The highest BCUT2D eigenvalue weighted by molar-refractivity contribution is 6.30. The zero-order valence-electron chi connectivity index (χ0n) is 14.5. The predicted octanol–water partition coefficient (Wildman–Crippen LogP) is 2.66. The summed E-state index contributed by atoms with van der Waals surface area (Å²) < 4.78 is 15.1. The third-order valence-corrected chi connectivity index (χ3v) is 4.58. The average molecular weight is 369 g/mol. The second kappa shape index (κ2) is 7.87. The number of carbonyl (C=O) groups excluding carboxylic acids is 3. The quantitative estimate of drug-likeness (QED) is 0.451. The summed E-state index contributed by atoms with van der Waals surface area (Å²) in [6, 6.07) is 5.03. The highest BCUT2D eigenvalue weighted by atomic mass is 35.5. The van der Waals surface area contributed by atoms with Gasteiger partial charge in [0.1, 0.15) is 0 Å². The summed E-state index contributed by atoms with van der Waals surface area (Å²) in [5, 5.41) is 0.465. The summed E-state index contributed by atoms with van der Waals surface area (Å²) in [6.45, 7) is 3.56. The third kappa shape index (κ3) is 3.63. The molecule has 1 aromatic carbocycles. The fourth-order valence-electron chi connectivity index (χ4n) is 3.19. The maximum Gasteiger partial charge on any atom is 0.323 e. The Morgan fingerprint density at radius 2 is 1.76 bits per heavy atom. The van der Waals surface area contributed by atoms with Crippen LogP contribution in [0.15, 0.2) is 18.2 Å². The molecule has 136 valence electrons. The highest BCUT2D eigenvalue weighted by Crippen LogP contribution is 2.45. The molecule has 1 aliphatic rings. The van der Waals surface area contributed by atoms with Crippen molar-refractivity contribution in [3.63, 3.8) is 0 Å².